The van der Waals surface area contributed by atoms with Gasteiger partial charge in [0.2, 0.25) is 5.91 Å². The minimum atomic E-state index is -0.451. The number of carbonyl (C=O) groups is 1. The number of primary amides is 1. The van der Waals surface area contributed by atoms with Crippen molar-refractivity contribution < 1.29 is 4.79 Å². The second kappa shape index (κ2) is 6.09. The van der Waals surface area contributed by atoms with Gasteiger partial charge in [-0.05, 0) is 35.9 Å². The van der Waals surface area contributed by atoms with Crippen LogP contribution in [0, 0.1) is 11.3 Å². The van der Waals surface area contributed by atoms with Gasteiger partial charge in [0.1, 0.15) is 6.07 Å². The van der Waals surface area contributed by atoms with E-state index in [2.05, 4.69) is 5.32 Å². The number of amides is 1. The van der Waals surface area contributed by atoms with Gasteiger partial charge >= 0.3 is 0 Å². The third kappa shape index (κ3) is 3.28. The molecular formula is C15H12ClN3O. The van der Waals surface area contributed by atoms with Crippen LogP contribution in [-0.4, -0.2) is 5.91 Å². The molecule has 0 aliphatic rings. The molecule has 0 aliphatic carbocycles. The first kappa shape index (κ1) is 13.9. The van der Waals surface area contributed by atoms with Crippen LogP contribution in [0.5, 0.6) is 0 Å². The fourth-order valence-corrected chi connectivity index (χ4v) is 1.98. The fraction of sp³-hybridized carbons (Fsp3) is 0.0667. The maximum atomic E-state index is 11.1. The van der Waals surface area contributed by atoms with Gasteiger partial charge in [-0.25, -0.2) is 0 Å². The Kier molecular flexibility index (Phi) is 4.24. The number of nitrogens with one attached hydrogen (secondary N) is 1. The minimum Gasteiger partial charge on any atom is -0.381 e. The predicted octanol–water partition coefficient (Wildman–Crippen LogP) is 2.92. The van der Waals surface area contributed by atoms with Gasteiger partial charge in [0.05, 0.1) is 10.6 Å². The molecule has 100 valence electrons. The zero-order valence-electron chi connectivity index (χ0n) is 10.6. The van der Waals surface area contributed by atoms with E-state index in [0.717, 1.165) is 11.3 Å². The van der Waals surface area contributed by atoms with Crippen LogP contribution in [0.25, 0.3) is 0 Å². The van der Waals surface area contributed by atoms with E-state index in [0.29, 0.717) is 22.7 Å². The lowest BCUT2D eigenvalue weighted by Crippen LogP contribution is -2.11. The Morgan fingerprint density at radius 2 is 2.10 bits per heavy atom. The summed E-state index contributed by atoms with van der Waals surface area (Å²) in [6.07, 6.45) is 0. The van der Waals surface area contributed by atoms with Crippen molar-refractivity contribution >= 4 is 23.2 Å². The SMILES string of the molecule is N#Cc1ccc(NCc2cccc(C(N)=O)c2)cc1Cl. The summed E-state index contributed by atoms with van der Waals surface area (Å²) in [7, 11) is 0. The summed E-state index contributed by atoms with van der Waals surface area (Å²) in [5.41, 5.74) is 7.88. The molecule has 0 atom stereocenters. The third-order valence-electron chi connectivity index (χ3n) is 2.80. The normalized spacial score (nSPS) is 9.80. The van der Waals surface area contributed by atoms with Gasteiger partial charge in [0, 0.05) is 17.8 Å². The lowest BCUT2D eigenvalue weighted by Gasteiger charge is -2.08. The lowest BCUT2D eigenvalue weighted by molar-refractivity contribution is 0.1000. The molecule has 0 saturated carbocycles. The van der Waals surface area contributed by atoms with Gasteiger partial charge in [0.25, 0.3) is 0 Å². The number of nitrogens with zero attached hydrogens (tertiary/aromatic N) is 1. The number of benzene rings is 2. The zero-order valence-corrected chi connectivity index (χ0v) is 11.3. The van der Waals surface area contributed by atoms with Crippen LogP contribution in [0.15, 0.2) is 42.5 Å². The van der Waals surface area contributed by atoms with Crippen molar-refractivity contribution in [3.05, 3.63) is 64.2 Å². The maximum Gasteiger partial charge on any atom is 0.248 e. The standard InChI is InChI=1S/C15H12ClN3O/c16-14-7-13(5-4-12(14)8-17)19-9-10-2-1-3-11(6-10)15(18)20/h1-7,19H,9H2,(H2,18,20). The lowest BCUT2D eigenvalue weighted by atomic mass is 10.1. The van der Waals surface area contributed by atoms with Crippen LogP contribution < -0.4 is 11.1 Å². The van der Waals surface area contributed by atoms with Gasteiger partial charge in [-0.2, -0.15) is 5.26 Å². The van der Waals surface area contributed by atoms with Gasteiger partial charge in [-0.15, -0.1) is 0 Å². The largest absolute Gasteiger partial charge is 0.381 e. The number of nitrogens with two attached hydrogens (primary N) is 1. The van der Waals surface area contributed by atoms with Crippen molar-refractivity contribution in [3.8, 4) is 6.07 Å². The minimum absolute atomic E-state index is 0.406. The van der Waals surface area contributed by atoms with E-state index in [9.17, 15) is 4.79 Å². The Bertz CT molecular complexity index is 692. The molecule has 0 radical (unpaired) electrons. The third-order valence-corrected chi connectivity index (χ3v) is 3.11. The average molecular weight is 286 g/mol. The van der Waals surface area contributed by atoms with Gasteiger partial charge in [-0.1, -0.05) is 23.7 Å². The number of nitriles is 1. The highest BCUT2D eigenvalue weighted by atomic mass is 35.5. The molecule has 0 unspecified atom stereocenters. The van der Waals surface area contributed by atoms with E-state index in [1.165, 1.54) is 0 Å². The molecule has 2 aromatic rings. The molecule has 20 heavy (non-hydrogen) atoms. The van der Waals surface area contributed by atoms with Crippen LogP contribution in [0.4, 0.5) is 5.69 Å². The quantitative estimate of drug-likeness (QED) is 0.906. The Labute approximate surface area is 121 Å². The molecule has 0 saturated heterocycles. The Hall–Kier alpha value is -2.51. The molecule has 4 nitrogen and oxygen atoms in total. The number of carbonyl (C=O) groups excluding carboxylic acids is 1. The fourth-order valence-electron chi connectivity index (χ4n) is 1.75. The van der Waals surface area contributed by atoms with Gasteiger partial charge in [-0.3, -0.25) is 4.79 Å². The van der Waals surface area contributed by atoms with Crippen molar-refractivity contribution in [2.45, 2.75) is 6.54 Å². The Morgan fingerprint density at radius 1 is 1.30 bits per heavy atom. The molecular weight excluding hydrogens is 274 g/mol. The number of halogens is 1. The van der Waals surface area contributed by atoms with E-state index in [1.807, 2.05) is 12.1 Å². The number of hydrogen-bond acceptors (Lipinski definition) is 3. The van der Waals surface area contributed by atoms with E-state index >= 15 is 0 Å². The van der Waals surface area contributed by atoms with Crippen molar-refractivity contribution in [1.29, 1.82) is 5.26 Å². The second-order valence-electron chi connectivity index (χ2n) is 4.22. The highest BCUT2D eigenvalue weighted by molar-refractivity contribution is 6.32. The zero-order chi connectivity index (χ0) is 14.5. The van der Waals surface area contributed by atoms with Crippen LogP contribution in [-0.2, 0) is 6.54 Å². The highest BCUT2D eigenvalue weighted by Crippen LogP contribution is 2.20. The molecule has 1 amide bonds. The van der Waals surface area contributed by atoms with Crippen molar-refractivity contribution in [2.24, 2.45) is 5.73 Å². The molecule has 0 spiro atoms. The van der Waals surface area contributed by atoms with E-state index < -0.39 is 5.91 Å². The number of rotatable bonds is 4. The molecule has 2 aromatic carbocycles. The molecule has 5 heteroatoms. The van der Waals surface area contributed by atoms with E-state index in [4.69, 9.17) is 22.6 Å². The average Bonchev–Trinajstić information content (AvgIpc) is 2.45. The van der Waals surface area contributed by atoms with Crippen LogP contribution >= 0.6 is 11.6 Å². The predicted molar refractivity (Wildman–Crippen MR) is 78.5 cm³/mol. The summed E-state index contributed by atoms with van der Waals surface area (Å²) in [5.74, 6) is -0.451. The topological polar surface area (TPSA) is 78.9 Å². The van der Waals surface area contributed by atoms with Crippen molar-refractivity contribution in [3.63, 3.8) is 0 Å². The highest BCUT2D eigenvalue weighted by Gasteiger charge is 2.03. The molecule has 0 aromatic heterocycles. The van der Waals surface area contributed by atoms with Gasteiger partial charge < -0.3 is 11.1 Å². The maximum absolute atomic E-state index is 11.1. The summed E-state index contributed by atoms with van der Waals surface area (Å²) < 4.78 is 0. The first-order chi connectivity index (χ1) is 9.60. The first-order valence-corrected chi connectivity index (χ1v) is 6.30. The van der Waals surface area contributed by atoms with E-state index in [-0.39, 0.29) is 0 Å². The molecule has 3 N–H and O–H groups in total. The molecule has 0 fully saturated rings. The molecule has 0 bridgehead atoms. The molecule has 0 heterocycles. The summed E-state index contributed by atoms with van der Waals surface area (Å²) >= 11 is 5.95. The summed E-state index contributed by atoms with van der Waals surface area (Å²) in [6, 6.07) is 14.2. The van der Waals surface area contributed by atoms with Crippen molar-refractivity contribution in [1.82, 2.24) is 0 Å². The number of anilines is 1. The molecule has 0 aliphatic heterocycles. The summed E-state index contributed by atoms with van der Waals surface area (Å²) in [5, 5.41) is 12.4. The van der Waals surface area contributed by atoms with Crippen LogP contribution in [0.3, 0.4) is 0 Å². The number of hydrogen-bond donors (Lipinski definition) is 2. The Morgan fingerprint density at radius 3 is 2.75 bits per heavy atom. The summed E-state index contributed by atoms with van der Waals surface area (Å²) in [4.78, 5) is 11.1. The van der Waals surface area contributed by atoms with E-state index in [1.54, 1.807) is 36.4 Å². The second-order valence-corrected chi connectivity index (χ2v) is 4.63. The van der Waals surface area contributed by atoms with Crippen LogP contribution in [0.2, 0.25) is 5.02 Å². The monoisotopic (exact) mass is 285 g/mol. The first-order valence-electron chi connectivity index (χ1n) is 5.92. The Balaban J connectivity index is 2.09. The van der Waals surface area contributed by atoms with Crippen LogP contribution in [0.1, 0.15) is 21.5 Å². The summed E-state index contributed by atoms with van der Waals surface area (Å²) in [6.45, 7) is 0.531. The smallest absolute Gasteiger partial charge is 0.248 e. The van der Waals surface area contributed by atoms with Gasteiger partial charge in [0.15, 0.2) is 0 Å². The molecule has 2 rings (SSSR count). The van der Waals surface area contributed by atoms with Crippen molar-refractivity contribution in [2.75, 3.05) is 5.32 Å².